The van der Waals surface area contributed by atoms with Gasteiger partial charge in [-0.25, -0.2) is 4.98 Å². The number of rotatable bonds is 7. The molecule has 3 aromatic rings. The molecule has 6 rings (SSSR count). The molecule has 1 aliphatic carbocycles. The van der Waals surface area contributed by atoms with Crippen LogP contribution in [0.3, 0.4) is 0 Å². The molecule has 13 nitrogen and oxygen atoms in total. The van der Waals surface area contributed by atoms with Gasteiger partial charge in [-0.05, 0) is 30.4 Å². The van der Waals surface area contributed by atoms with Crippen molar-refractivity contribution in [1.82, 2.24) is 29.4 Å². The summed E-state index contributed by atoms with van der Waals surface area (Å²) in [6, 6.07) is 7.93. The number of imidazole rings is 1. The van der Waals surface area contributed by atoms with Crippen LogP contribution in [0.1, 0.15) is 44.9 Å². The maximum absolute atomic E-state index is 12.7. The Morgan fingerprint density at radius 2 is 1.86 bits per heavy atom. The molecular weight excluding hydrogens is 568 g/mol. The molecule has 4 N–H and O–H groups in total. The molecular formula is C29H35ClN12O. The Morgan fingerprint density at radius 1 is 1.14 bits per heavy atom. The van der Waals surface area contributed by atoms with Crippen molar-refractivity contribution in [1.29, 1.82) is 10.5 Å². The lowest BCUT2D eigenvalue weighted by molar-refractivity contribution is -0.142. The van der Waals surface area contributed by atoms with Crippen LogP contribution in [-0.4, -0.2) is 92.7 Å². The topological polar surface area (TPSA) is 168 Å². The fraction of sp³-hybridized carbons (Fsp3) is 0.517. The van der Waals surface area contributed by atoms with Crippen LogP contribution >= 0.6 is 11.6 Å². The van der Waals surface area contributed by atoms with E-state index in [9.17, 15) is 15.3 Å². The van der Waals surface area contributed by atoms with E-state index in [1.165, 1.54) is 10.7 Å². The van der Waals surface area contributed by atoms with Crippen molar-refractivity contribution in [2.45, 2.75) is 51.7 Å². The number of hydrogen-bond acceptors (Lipinski definition) is 11. The molecule has 4 heterocycles. The van der Waals surface area contributed by atoms with Crippen molar-refractivity contribution < 1.29 is 4.79 Å². The molecule has 3 fully saturated rings. The molecule has 1 saturated carbocycles. The number of anilines is 4. The van der Waals surface area contributed by atoms with Gasteiger partial charge in [-0.2, -0.15) is 20.0 Å². The Morgan fingerprint density at radius 3 is 2.49 bits per heavy atom. The number of fused-ring (bicyclic) bond motifs is 1. The van der Waals surface area contributed by atoms with Crippen LogP contribution < -0.4 is 21.3 Å². The van der Waals surface area contributed by atoms with Crippen molar-refractivity contribution in [2.24, 2.45) is 11.1 Å². The lowest BCUT2D eigenvalue weighted by Gasteiger charge is -2.49. The predicted molar refractivity (Wildman–Crippen MR) is 163 cm³/mol. The van der Waals surface area contributed by atoms with Crippen LogP contribution in [0.25, 0.3) is 5.65 Å². The van der Waals surface area contributed by atoms with E-state index in [4.69, 9.17) is 17.3 Å². The van der Waals surface area contributed by atoms with E-state index >= 15 is 0 Å². The number of hydrogen-bond donors (Lipinski definition) is 3. The highest BCUT2D eigenvalue weighted by Gasteiger charge is 2.40. The summed E-state index contributed by atoms with van der Waals surface area (Å²) in [5.74, 6) is 0.771. The third kappa shape index (κ3) is 5.76. The van der Waals surface area contributed by atoms with Gasteiger partial charge < -0.3 is 26.2 Å². The summed E-state index contributed by atoms with van der Waals surface area (Å²) in [5, 5.41) is 30.8. The number of nitrogens with one attached hydrogen (secondary N) is 2. The first-order valence-corrected chi connectivity index (χ1v) is 14.9. The zero-order valence-corrected chi connectivity index (χ0v) is 25.3. The van der Waals surface area contributed by atoms with Crippen LogP contribution in [-0.2, 0) is 4.79 Å². The lowest BCUT2D eigenvalue weighted by atomic mass is 9.85. The van der Waals surface area contributed by atoms with Crippen LogP contribution in [0.2, 0.25) is 5.02 Å². The molecule has 2 saturated heterocycles. The van der Waals surface area contributed by atoms with Crippen molar-refractivity contribution in [3.63, 3.8) is 0 Å². The SMILES string of the molecule is CC(C)(C)[C@@H](N)C(=O)N1CC(N2CCN(c3cc(C#N)cc(Nc4nc(NC5CC5)c5ncc(C#N)n5n4)c3Cl)CC2)C1. The highest BCUT2D eigenvalue weighted by molar-refractivity contribution is 6.36. The van der Waals surface area contributed by atoms with Gasteiger partial charge in [-0.1, -0.05) is 32.4 Å². The average Bonchev–Trinajstić information content (AvgIpc) is 3.68. The van der Waals surface area contributed by atoms with Gasteiger partial charge in [0.05, 0.1) is 40.3 Å². The second-order valence-electron chi connectivity index (χ2n) is 12.6. The maximum Gasteiger partial charge on any atom is 0.247 e. The van der Waals surface area contributed by atoms with E-state index in [0.29, 0.717) is 52.9 Å². The quantitative estimate of drug-likeness (QED) is 0.363. The molecule has 224 valence electrons. The first-order valence-electron chi connectivity index (χ1n) is 14.5. The van der Waals surface area contributed by atoms with Gasteiger partial charge in [0, 0.05) is 51.4 Å². The monoisotopic (exact) mass is 602 g/mol. The number of nitrogens with two attached hydrogens (primary N) is 1. The van der Waals surface area contributed by atoms with E-state index in [-0.39, 0.29) is 23.0 Å². The predicted octanol–water partition coefficient (Wildman–Crippen LogP) is 2.55. The Balaban J connectivity index is 1.16. The third-order valence-electron chi connectivity index (χ3n) is 8.37. The lowest BCUT2D eigenvalue weighted by Crippen LogP contribution is -2.67. The fourth-order valence-corrected chi connectivity index (χ4v) is 5.68. The van der Waals surface area contributed by atoms with E-state index in [0.717, 1.165) is 44.7 Å². The van der Waals surface area contributed by atoms with E-state index in [1.807, 2.05) is 25.7 Å². The van der Waals surface area contributed by atoms with Gasteiger partial charge in [0.15, 0.2) is 17.2 Å². The molecule has 2 aliphatic heterocycles. The zero-order chi connectivity index (χ0) is 30.5. The van der Waals surface area contributed by atoms with Crippen LogP contribution in [0.5, 0.6) is 0 Å². The number of carbonyl (C=O) groups excluding carboxylic acids is 1. The largest absolute Gasteiger partial charge is 0.368 e. The number of likely N-dealkylation sites (tertiary alicyclic amines) is 1. The van der Waals surface area contributed by atoms with Gasteiger partial charge in [-0.15, -0.1) is 5.10 Å². The summed E-state index contributed by atoms with van der Waals surface area (Å²) in [6.07, 6.45) is 3.55. The molecule has 2 aromatic heterocycles. The fourth-order valence-electron chi connectivity index (χ4n) is 5.40. The molecule has 1 amide bonds. The minimum atomic E-state index is -0.510. The average molecular weight is 603 g/mol. The minimum Gasteiger partial charge on any atom is -0.368 e. The first kappa shape index (κ1) is 28.9. The minimum absolute atomic E-state index is 0.0120. The molecule has 0 radical (unpaired) electrons. The van der Waals surface area contributed by atoms with Gasteiger partial charge >= 0.3 is 0 Å². The molecule has 0 unspecified atom stereocenters. The maximum atomic E-state index is 12.7. The molecule has 14 heteroatoms. The van der Waals surface area contributed by atoms with Crippen LogP contribution in [0.4, 0.5) is 23.1 Å². The molecule has 0 spiro atoms. The number of benzene rings is 1. The third-order valence-corrected chi connectivity index (χ3v) is 8.77. The number of nitrogens with zero attached hydrogens (tertiary/aromatic N) is 9. The van der Waals surface area contributed by atoms with Crippen molar-refractivity contribution in [3.8, 4) is 12.1 Å². The normalized spacial score (nSPS) is 18.6. The van der Waals surface area contributed by atoms with E-state index in [2.05, 4.69) is 47.6 Å². The Bertz CT molecular complexity index is 1630. The molecule has 43 heavy (non-hydrogen) atoms. The van der Waals surface area contributed by atoms with Gasteiger partial charge in [0.25, 0.3) is 0 Å². The zero-order valence-electron chi connectivity index (χ0n) is 24.5. The Labute approximate surface area is 255 Å². The van der Waals surface area contributed by atoms with Gasteiger partial charge in [0.1, 0.15) is 6.07 Å². The van der Waals surface area contributed by atoms with Crippen molar-refractivity contribution in [2.75, 3.05) is 54.8 Å². The van der Waals surface area contributed by atoms with Gasteiger partial charge in [-0.3, -0.25) is 9.69 Å². The second kappa shape index (κ2) is 11.2. The summed E-state index contributed by atoms with van der Waals surface area (Å²) >= 11 is 6.94. The highest BCUT2D eigenvalue weighted by atomic mass is 35.5. The summed E-state index contributed by atoms with van der Waals surface area (Å²) in [7, 11) is 0. The summed E-state index contributed by atoms with van der Waals surface area (Å²) in [4.78, 5) is 28.1. The smallest absolute Gasteiger partial charge is 0.247 e. The van der Waals surface area contributed by atoms with Crippen LogP contribution in [0, 0.1) is 28.1 Å². The number of amides is 1. The second-order valence-corrected chi connectivity index (χ2v) is 12.9. The Kier molecular flexibility index (Phi) is 7.50. The number of piperazine rings is 1. The number of aromatic nitrogens is 4. The standard InChI is InChI=1S/C29H35ClN12O/c1-29(2,3)24(33)27(43)41-15-20(16-41)39-6-8-40(9-7-39)22-11-17(12-31)10-21(23(22)30)36-28-37-25(35-18-4-5-18)26-34-14-19(13-32)42(26)38-28/h10-11,14,18,20,24H,4-9,15-16,33H2,1-3H3,(H2,35,36,37,38)/t24-/m0/s1. The number of carbonyl (C=O) groups is 1. The van der Waals surface area contributed by atoms with Crippen LogP contribution in [0.15, 0.2) is 18.3 Å². The van der Waals surface area contributed by atoms with Crippen molar-refractivity contribution in [3.05, 3.63) is 34.6 Å². The summed E-state index contributed by atoms with van der Waals surface area (Å²) in [6.45, 7) is 10.4. The highest BCUT2D eigenvalue weighted by Crippen LogP contribution is 2.37. The summed E-state index contributed by atoms with van der Waals surface area (Å²) in [5.41, 5.74) is 8.37. The first-order chi connectivity index (χ1) is 20.5. The Hall–Kier alpha value is -4.17. The van der Waals surface area contributed by atoms with E-state index < -0.39 is 6.04 Å². The number of halogens is 1. The molecule has 1 atom stereocenters. The summed E-state index contributed by atoms with van der Waals surface area (Å²) < 4.78 is 1.45. The van der Waals surface area contributed by atoms with E-state index in [1.54, 1.807) is 12.1 Å². The number of nitriles is 2. The van der Waals surface area contributed by atoms with Crippen molar-refractivity contribution >= 4 is 46.3 Å². The molecule has 3 aliphatic rings. The molecule has 0 bridgehead atoms. The molecule has 1 aromatic carbocycles. The van der Waals surface area contributed by atoms with Gasteiger partial charge in [0.2, 0.25) is 11.9 Å².